The van der Waals surface area contributed by atoms with Crippen molar-refractivity contribution in [2.75, 3.05) is 23.5 Å². The number of carbonyl (C=O) groups excluding carboxylic acids is 1. The molecule has 0 spiro atoms. The van der Waals surface area contributed by atoms with Gasteiger partial charge in [-0.25, -0.2) is 0 Å². The Balaban J connectivity index is 1.53. The summed E-state index contributed by atoms with van der Waals surface area (Å²) >= 11 is 3.42. The summed E-state index contributed by atoms with van der Waals surface area (Å²) in [6.07, 6.45) is 2.28. The number of hydrazone groups is 1. The van der Waals surface area contributed by atoms with Gasteiger partial charge in [-0.2, -0.15) is 5.10 Å². The largest absolute Gasteiger partial charge is 0.507 e. The summed E-state index contributed by atoms with van der Waals surface area (Å²) in [7, 11) is -0.812. The molecular weight excluding hydrogens is 556 g/mol. The molecule has 2 N–H and O–H groups in total. The van der Waals surface area contributed by atoms with Crippen molar-refractivity contribution in [2.45, 2.75) is 32.6 Å². The van der Waals surface area contributed by atoms with Gasteiger partial charge in [-0.05, 0) is 60.9 Å². The molecule has 7 nitrogen and oxygen atoms in total. The highest BCUT2D eigenvalue weighted by atomic mass is 79.9. The lowest BCUT2D eigenvalue weighted by Gasteiger charge is -2.31. The van der Waals surface area contributed by atoms with Crippen LogP contribution in [0.4, 0.5) is 5.69 Å². The van der Waals surface area contributed by atoms with Crippen molar-refractivity contribution >= 4 is 44.6 Å². The third-order valence-corrected chi connectivity index (χ3v) is 8.59. The van der Waals surface area contributed by atoms with Gasteiger partial charge in [-0.15, -0.1) is 0 Å². The lowest BCUT2D eigenvalue weighted by Crippen LogP contribution is -2.29. The second kappa shape index (κ2) is 10.7. The van der Waals surface area contributed by atoms with E-state index in [0.29, 0.717) is 35.8 Å². The van der Waals surface area contributed by atoms with Crippen molar-refractivity contribution in [3.63, 3.8) is 0 Å². The minimum Gasteiger partial charge on any atom is -0.507 e. The molecule has 0 radical (unpaired) electrons. The first-order valence-corrected chi connectivity index (χ1v) is 14.3. The van der Waals surface area contributed by atoms with Crippen LogP contribution in [0.5, 0.6) is 17.2 Å². The summed E-state index contributed by atoms with van der Waals surface area (Å²) in [6, 6.07) is 13.1. The number of fused-ring (bicyclic) bond motifs is 2. The molecule has 0 unspecified atom stereocenters. The molecule has 3 aromatic rings. The monoisotopic (exact) mass is 582 g/mol. The van der Waals surface area contributed by atoms with Gasteiger partial charge in [0.1, 0.15) is 17.2 Å². The Morgan fingerprint density at radius 2 is 2.03 bits per heavy atom. The molecule has 0 bridgehead atoms. The maximum atomic E-state index is 12.3. The summed E-state index contributed by atoms with van der Waals surface area (Å²) < 4.78 is 24.3. The number of esters is 1. The third kappa shape index (κ3) is 5.43. The molecule has 192 valence electrons. The molecule has 0 amide bonds. The molecule has 37 heavy (non-hydrogen) atoms. The number of hydrogen-bond acceptors (Lipinski definition) is 7. The number of carbonyl (C=O) groups is 1. The van der Waals surface area contributed by atoms with Crippen LogP contribution >= 0.6 is 15.9 Å². The maximum absolute atomic E-state index is 12.3. The van der Waals surface area contributed by atoms with Crippen LogP contribution in [0.25, 0.3) is 0 Å². The number of anilines is 1. The van der Waals surface area contributed by atoms with E-state index in [-0.39, 0.29) is 24.1 Å². The zero-order chi connectivity index (χ0) is 26.1. The number of halogens is 1. The van der Waals surface area contributed by atoms with Crippen molar-refractivity contribution < 1.29 is 23.6 Å². The minimum atomic E-state index is -0.812. The zero-order valence-electron chi connectivity index (χ0n) is 20.5. The highest BCUT2D eigenvalue weighted by Gasteiger charge is 2.32. The third-order valence-electron chi connectivity index (χ3n) is 6.54. The first-order chi connectivity index (χ1) is 17.8. The van der Waals surface area contributed by atoms with Gasteiger partial charge in [0, 0.05) is 55.8 Å². The average molecular weight is 584 g/mol. The fraction of sp³-hybridized carbons (Fsp3) is 0.286. The Labute approximate surface area is 226 Å². The second-order valence-corrected chi connectivity index (χ2v) is 11.7. The summed E-state index contributed by atoms with van der Waals surface area (Å²) in [4.78, 5) is 12.3. The molecule has 1 fully saturated rings. The Bertz CT molecular complexity index is 1430. The lowest BCUT2D eigenvalue weighted by atomic mass is 9.89. The van der Waals surface area contributed by atoms with E-state index in [1.54, 1.807) is 31.3 Å². The smallest absolute Gasteiger partial charge is 0.310 e. The Hall–Kier alpha value is -3.17. The predicted octanol–water partition coefficient (Wildman–Crippen LogP) is 5.56. The number of rotatable bonds is 7. The van der Waals surface area contributed by atoms with E-state index < -0.39 is 10.8 Å². The van der Waals surface area contributed by atoms with Gasteiger partial charge in [-0.3, -0.25) is 14.4 Å². The van der Waals surface area contributed by atoms with E-state index in [1.165, 1.54) is 0 Å². The van der Waals surface area contributed by atoms with Crippen LogP contribution in [0.3, 0.4) is 0 Å². The summed E-state index contributed by atoms with van der Waals surface area (Å²) in [5.74, 6) is 2.66. The number of ether oxygens (including phenoxy) is 2. The van der Waals surface area contributed by atoms with Gasteiger partial charge in [-0.1, -0.05) is 28.1 Å². The number of aryl methyl sites for hydroxylation is 1. The van der Waals surface area contributed by atoms with Gasteiger partial charge >= 0.3 is 5.97 Å². The standard InChI is InChI=1S/C28H27BrN2O5S/c1-3-35-27(33)11-17-8-16(2)9-26-22(17)12-23-25(36-26)7-5-21(19-14-37(34)15-19)28(23)31-30-13-18-10-20(29)4-6-24(18)32/h4-10,13,19,31-32H,3,11-12,14-15H2,1-2H3. The molecule has 0 aliphatic carbocycles. The van der Waals surface area contributed by atoms with Gasteiger partial charge in [0.05, 0.1) is 24.9 Å². The van der Waals surface area contributed by atoms with Crippen LogP contribution < -0.4 is 10.2 Å². The molecule has 5 rings (SSSR count). The number of aromatic hydroxyl groups is 1. The van der Waals surface area contributed by atoms with E-state index in [4.69, 9.17) is 9.47 Å². The van der Waals surface area contributed by atoms with Crippen molar-refractivity contribution in [1.29, 1.82) is 0 Å². The topological polar surface area (TPSA) is 97.2 Å². The number of benzene rings is 3. The zero-order valence-corrected chi connectivity index (χ0v) is 22.9. The highest BCUT2D eigenvalue weighted by molar-refractivity contribution is 9.10. The first kappa shape index (κ1) is 25.5. The summed E-state index contributed by atoms with van der Waals surface area (Å²) in [6.45, 7) is 4.11. The molecule has 2 aliphatic heterocycles. The normalized spacial score (nSPS) is 17.9. The number of hydrogen-bond donors (Lipinski definition) is 2. The van der Waals surface area contributed by atoms with Crippen LogP contribution in [-0.4, -0.2) is 39.6 Å². The molecule has 9 heteroatoms. The van der Waals surface area contributed by atoms with Gasteiger partial charge in [0.25, 0.3) is 0 Å². The van der Waals surface area contributed by atoms with E-state index in [0.717, 1.165) is 43.7 Å². The van der Waals surface area contributed by atoms with E-state index in [1.807, 2.05) is 31.2 Å². The number of phenols is 1. The molecule has 3 aromatic carbocycles. The molecule has 0 atom stereocenters. The molecule has 0 aromatic heterocycles. The van der Waals surface area contributed by atoms with Crippen molar-refractivity contribution in [3.8, 4) is 17.2 Å². The Morgan fingerprint density at radius 3 is 2.78 bits per heavy atom. The maximum Gasteiger partial charge on any atom is 0.310 e. The Morgan fingerprint density at radius 1 is 1.22 bits per heavy atom. The minimum absolute atomic E-state index is 0.120. The van der Waals surface area contributed by atoms with Crippen LogP contribution in [0.15, 0.2) is 52.0 Å². The predicted molar refractivity (Wildman–Crippen MR) is 148 cm³/mol. The second-order valence-electron chi connectivity index (χ2n) is 9.21. The molecular formula is C28H27BrN2O5S. The van der Waals surface area contributed by atoms with E-state index >= 15 is 0 Å². The number of nitrogens with zero attached hydrogens (tertiary/aromatic N) is 1. The van der Waals surface area contributed by atoms with Crippen molar-refractivity contribution in [3.05, 3.63) is 80.3 Å². The molecule has 0 saturated carbocycles. The SMILES string of the molecule is CCOC(=O)Cc1cc(C)cc2c1Cc1c(ccc(C3CS(=O)C3)c1NN=Cc1cc(Br)ccc1O)O2. The fourth-order valence-corrected chi connectivity index (χ4v) is 6.27. The van der Waals surface area contributed by atoms with Gasteiger partial charge < -0.3 is 14.6 Å². The molecule has 2 aliphatic rings. The van der Waals surface area contributed by atoms with Crippen LogP contribution in [-0.2, 0) is 33.2 Å². The summed E-state index contributed by atoms with van der Waals surface area (Å²) in [5.41, 5.74) is 9.34. The molecule has 2 heterocycles. The van der Waals surface area contributed by atoms with Crippen LogP contribution in [0.2, 0.25) is 0 Å². The quantitative estimate of drug-likeness (QED) is 0.168. The average Bonchev–Trinajstić information content (AvgIpc) is 2.83. The lowest BCUT2D eigenvalue weighted by molar-refractivity contribution is -0.142. The van der Waals surface area contributed by atoms with Crippen LogP contribution in [0.1, 0.15) is 46.2 Å². The summed E-state index contributed by atoms with van der Waals surface area (Å²) in [5, 5.41) is 14.6. The van der Waals surface area contributed by atoms with Gasteiger partial charge in [0.2, 0.25) is 0 Å². The van der Waals surface area contributed by atoms with E-state index in [9.17, 15) is 14.1 Å². The Kier molecular flexibility index (Phi) is 7.35. The van der Waals surface area contributed by atoms with Gasteiger partial charge in [0.15, 0.2) is 0 Å². The fourth-order valence-electron chi connectivity index (χ4n) is 4.73. The first-order valence-electron chi connectivity index (χ1n) is 12.1. The van der Waals surface area contributed by atoms with Crippen molar-refractivity contribution in [2.24, 2.45) is 5.10 Å². The van der Waals surface area contributed by atoms with E-state index in [2.05, 4.69) is 26.5 Å². The number of nitrogens with one attached hydrogen (secondary N) is 1. The molecule has 1 saturated heterocycles. The van der Waals surface area contributed by atoms with Crippen molar-refractivity contribution in [1.82, 2.24) is 0 Å². The highest BCUT2D eigenvalue weighted by Crippen LogP contribution is 2.46. The number of phenolic OH excluding ortho intramolecular Hbond substituents is 1. The van der Waals surface area contributed by atoms with Crippen LogP contribution in [0, 0.1) is 6.92 Å².